The van der Waals surface area contributed by atoms with Crippen LogP contribution in [0.1, 0.15) is 12.5 Å². The quantitative estimate of drug-likeness (QED) is 0.421. The van der Waals surface area contributed by atoms with Crippen molar-refractivity contribution in [1.82, 2.24) is 0 Å². The predicted octanol–water partition coefficient (Wildman–Crippen LogP) is 1.92. The Morgan fingerprint density at radius 2 is 1.70 bits per heavy atom. The second-order valence-electron chi connectivity index (χ2n) is 6.65. The van der Waals surface area contributed by atoms with Gasteiger partial charge in [0.25, 0.3) is 5.91 Å². The first kappa shape index (κ1) is 19.4. The van der Waals surface area contributed by atoms with Crippen molar-refractivity contribution in [3.63, 3.8) is 0 Å². The SMILES string of the molecule is COc1ccc(C2=NO[C@H]3C(=O)N(c4ccc(OC(C)=O)cc4)C(=O)[C@@H]23)c(OC)c1. The van der Waals surface area contributed by atoms with Crippen molar-refractivity contribution >= 4 is 29.2 Å². The van der Waals surface area contributed by atoms with Crippen LogP contribution in [0.15, 0.2) is 47.6 Å². The monoisotopic (exact) mass is 410 g/mol. The molecule has 2 atom stereocenters. The highest BCUT2D eigenvalue weighted by Gasteiger charge is 2.56. The lowest BCUT2D eigenvalue weighted by Crippen LogP contribution is -2.33. The number of anilines is 1. The van der Waals surface area contributed by atoms with Crippen LogP contribution in [0.4, 0.5) is 5.69 Å². The Balaban J connectivity index is 1.64. The summed E-state index contributed by atoms with van der Waals surface area (Å²) in [7, 11) is 3.02. The summed E-state index contributed by atoms with van der Waals surface area (Å²) in [6, 6.07) is 11.1. The molecule has 2 heterocycles. The smallest absolute Gasteiger partial charge is 0.308 e. The number of fused-ring (bicyclic) bond motifs is 1. The number of hydrogen-bond donors (Lipinski definition) is 0. The van der Waals surface area contributed by atoms with Crippen LogP contribution in [0.2, 0.25) is 0 Å². The van der Waals surface area contributed by atoms with Crippen molar-refractivity contribution in [1.29, 1.82) is 0 Å². The van der Waals surface area contributed by atoms with E-state index < -0.39 is 29.8 Å². The predicted molar refractivity (Wildman–Crippen MR) is 105 cm³/mol. The molecule has 2 aliphatic heterocycles. The molecule has 0 radical (unpaired) electrons. The molecule has 1 saturated heterocycles. The Hall–Kier alpha value is -3.88. The van der Waals surface area contributed by atoms with Gasteiger partial charge in [0.1, 0.15) is 28.9 Å². The molecular weight excluding hydrogens is 392 g/mol. The maximum absolute atomic E-state index is 13.2. The topological polar surface area (TPSA) is 104 Å². The van der Waals surface area contributed by atoms with E-state index >= 15 is 0 Å². The molecular formula is C21H18N2O7. The second kappa shape index (κ2) is 7.51. The Morgan fingerprint density at radius 1 is 1.00 bits per heavy atom. The van der Waals surface area contributed by atoms with E-state index in [9.17, 15) is 14.4 Å². The summed E-state index contributed by atoms with van der Waals surface area (Å²) in [6.07, 6.45) is -1.05. The van der Waals surface area contributed by atoms with Gasteiger partial charge in [-0.2, -0.15) is 0 Å². The van der Waals surface area contributed by atoms with Gasteiger partial charge in [0.05, 0.1) is 19.9 Å². The molecule has 1 fully saturated rings. The largest absolute Gasteiger partial charge is 0.497 e. The van der Waals surface area contributed by atoms with E-state index in [1.54, 1.807) is 18.2 Å². The summed E-state index contributed by atoms with van der Waals surface area (Å²) in [5, 5.41) is 4.00. The molecule has 0 saturated carbocycles. The van der Waals surface area contributed by atoms with Crippen molar-refractivity contribution in [2.45, 2.75) is 13.0 Å². The van der Waals surface area contributed by atoms with E-state index in [0.717, 1.165) is 4.90 Å². The fourth-order valence-electron chi connectivity index (χ4n) is 3.49. The standard InChI is InChI=1S/C21H18N2O7/c1-11(24)29-13-6-4-12(5-7-13)23-20(25)17-18(22-30-19(17)21(23)26)15-9-8-14(27-2)10-16(15)28-3/h4-10,17,19H,1-3H3/t17-,19+/m0/s1. The number of rotatable bonds is 5. The zero-order valence-corrected chi connectivity index (χ0v) is 16.4. The van der Waals surface area contributed by atoms with Crippen molar-refractivity contribution in [3.8, 4) is 17.2 Å². The van der Waals surface area contributed by atoms with Gasteiger partial charge in [-0.25, -0.2) is 4.90 Å². The number of methoxy groups -OCH3 is 2. The zero-order valence-electron chi connectivity index (χ0n) is 16.4. The third-order valence-electron chi connectivity index (χ3n) is 4.85. The minimum atomic E-state index is -1.05. The molecule has 0 bridgehead atoms. The Labute approximate surface area is 171 Å². The number of hydrogen-bond acceptors (Lipinski definition) is 8. The second-order valence-corrected chi connectivity index (χ2v) is 6.65. The fourth-order valence-corrected chi connectivity index (χ4v) is 3.49. The molecule has 4 rings (SSSR count). The number of amides is 2. The van der Waals surface area contributed by atoms with Crippen LogP contribution in [0.5, 0.6) is 17.2 Å². The number of benzene rings is 2. The number of nitrogens with zero attached hydrogens (tertiary/aromatic N) is 2. The first-order valence-corrected chi connectivity index (χ1v) is 9.07. The lowest BCUT2D eigenvalue weighted by atomic mass is 9.93. The molecule has 0 unspecified atom stereocenters. The minimum Gasteiger partial charge on any atom is -0.497 e. The van der Waals surface area contributed by atoms with Crippen molar-refractivity contribution in [2.75, 3.05) is 19.1 Å². The van der Waals surface area contributed by atoms with Gasteiger partial charge in [0, 0.05) is 18.6 Å². The molecule has 154 valence electrons. The molecule has 9 nitrogen and oxygen atoms in total. The highest BCUT2D eigenvalue weighted by atomic mass is 16.7. The maximum atomic E-state index is 13.2. The summed E-state index contributed by atoms with van der Waals surface area (Å²) in [6.45, 7) is 1.29. The highest BCUT2D eigenvalue weighted by Crippen LogP contribution is 2.38. The van der Waals surface area contributed by atoms with Crippen LogP contribution in [0, 0.1) is 5.92 Å². The Morgan fingerprint density at radius 3 is 2.33 bits per heavy atom. The van der Waals surface area contributed by atoms with Gasteiger partial charge in [-0.1, -0.05) is 5.16 Å². The van der Waals surface area contributed by atoms with Crippen LogP contribution in [-0.4, -0.2) is 43.8 Å². The number of ether oxygens (including phenoxy) is 3. The summed E-state index contributed by atoms with van der Waals surface area (Å²) in [5.41, 5.74) is 1.20. The van der Waals surface area contributed by atoms with Crippen molar-refractivity contribution in [3.05, 3.63) is 48.0 Å². The normalized spacial score (nSPS) is 19.8. The molecule has 9 heteroatoms. The molecule has 0 N–H and O–H groups in total. The molecule has 2 aromatic carbocycles. The third kappa shape index (κ3) is 3.14. The molecule has 30 heavy (non-hydrogen) atoms. The van der Waals surface area contributed by atoms with E-state index in [2.05, 4.69) is 5.16 Å². The highest BCUT2D eigenvalue weighted by molar-refractivity contribution is 6.32. The van der Waals surface area contributed by atoms with Crippen molar-refractivity contribution in [2.24, 2.45) is 11.1 Å². The third-order valence-corrected chi connectivity index (χ3v) is 4.85. The lowest BCUT2D eigenvalue weighted by Gasteiger charge is -2.16. The summed E-state index contributed by atoms with van der Waals surface area (Å²) >= 11 is 0. The lowest BCUT2D eigenvalue weighted by molar-refractivity contribution is -0.132. The van der Waals surface area contributed by atoms with E-state index in [4.69, 9.17) is 19.0 Å². The minimum absolute atomic E-state index is 0.312. The Kier molecular flexibility index (Phi) is 4.86. The number of carbonyl (C=O) groups excluding carboxylic acids is 3. The fraction of sp³-hybridized carbons (Fsp3) is 0.238. The van der Waals surface area contributed by atoms with Gasteiger partial charge in [0.15, 0.2) is 0 Å². The average Bonchev–Trinajstić information content (AvgIpc) is 3.28. The average molecular weight is 410 g/mol. The van der Waals surface area contributed by atoms with Gasteiger partial charge in [-0.3, -0.25) is 14.4 Å². The van der Waals surface area contributed by atoms with Gasteiger partial charge in [-0.05, 0) is 36.4 Å². The number of oxime groups is 1. The molecule has 0 aromatic heterocycles. The summed E-state index contributed by atoms with van der Waals surface area (Å²) in [5.74, 6) is -0.999. The summed E-state index contributed by atoms with van der Waals surface area (Å²) in [4.78, 5) is 43.5. The molecule has 0 spiro atoms. The van der Waals surface area contributed by atoms with Crippen molar-refractivity contribution < 1.29 is 33.4 Å². The van der Waals surface area contributed by atoms with Gasteiger partial charge < -0.3 is 19.0 Å². The van der Waals surface area contributed by atoms with E-state index in [1.807, 2.05) is 0 Å². The molecule has 2 aliphatic rings. The first-order valence-electron chi connectivity index (χ1n) is 9.07. The first-order chi connectivity index (χ1) is 14.4. The van der Waals surface area contributed by atoms with Crippen LogP contribution in [-0.2, 0) is 19.2 Å². The number of esters is 1. The number of imide groups is 1. The van der Waals surface area contributed by atoms with E-state index in [0.29, 0.717) is 34.2 Å². The van der Waals surface area contributed by atoms with Gasteiger partial charge >= 0.3 is 5.97 Å². The molecule has 2 amide bonds. The van der Waals surface area contributed by atoms with Crippen LogP contribution in [0.25, 0.3) is 0 Å². The van der Waals surface area contributed by atoms with Crippen LogP contribution >= 0.6 is 0 Å². The molecule has 0 aliphatic carbocycles. The van der Waals surface area contributed by atoms with Crippen LogP contribution < -0.4 is 19.1 Å². The molecule has 2 aromatic rings. The van der Waals surface area contributed by atoms with Gasteiger partial charge in [0.2, 0.25) is 12.0 Å². The maximum Gasteiger partial charge on any atom is 0.308 e. The Bertz CT molecular complexity index is 1060. The van der Waals surface area contributed by atoms with Crippen LogP contribution in [0.3, 0.4) is 0 Å². The van der Waals surface area contributed by atoms with E-state index in [1.165, 1.54) is 45.4 Å². The summed E-state index contributed by atoms with van der Waals surface area (Å²) < 4.78 is 15.6. The number of carbonyl (C=O) groups is 3. The zero-order chi connectivity index (χ0) is 21.4. The van der Waals surface area contributed by atoms with E-state index in [-0.39, 0.29) is 0 Å². The van der Waals surface area contributed by atoms with Gasteiger partial charge in [-0.15, -0.1) is 0 Å².